The number of nitrogens with zero attached hydrogens (tertiary/aromatic N) is 1. The van der Waals surface area contributed by atoms with Crippen LogP contribution in [0.2, 0.25) is 0 Å². The molecule has 1 atom stereocenters. The monoisotopic (exact) mass is 236 g/mol. The first kappa shape index (κ1) is 11.9. The molecule has 0 saturated heterocycles. The fourth-order valence-electron chi connectivity index (χ4n) is 1.41. The van der Waals surface area contributed by atoms with Crippen molar-refractivity contribution >= 4 is 27.2 Å². The highest BCUT2D eigenvalue weighted by molar-refractivity contribution is 7.92. The molecule has 0 amide bonds. The van der Waals surface area contributed by atoms with Crippen molar-refractivity contribution < 1.29 is 8.42 Å². The Morgan fingerprint density at radius 2 is 2.14 bits per heavy atom. The van der Waals surface area contributed by atoms with Gasteiger partial charge in [-0.3, -0.25) is 0 Å². The van der Waals surface area contributed by atoms with E-state index in [1.807, 2.05) is 0 Å². The van der Waals surface area contributed by atoms with Gasteiger partial charge in [-0.15, -0.1) is 0 Å². The van der Waals surface area contributed by atoms with Crippen LogP contribution < -0.4 is 5.73 Å². The fourth-order valence-corrected chi connectivity index (χ4v) is 3.68. The Morgan fingerprint density at radius 1 is 1.64 bits per heavy atom. The number of hydrogen-bond donors (Lipinski definition) is 1. The van der Waals surface area contributed by atoms with Crippen molar-refractivity contribution in [3.05, 3.63) is 0 Å². The van der Waals surface area contributed by atoms with Crippen LogP contribution in [0.15, 0.2) is 0 Å². The Labute approximate surface area is 90.5 Å². The lowest BCUT2D eigenvalue weighted by atomic mass is 10.3. The van der Waals surface area contributed by atoms with Gasteiger partial charge in [0.15, 0.2) is 0 Å². The quantitative estimate of drug-likeness (QED) is 0.705. The molecule has 2 N–H and O–H groups in total. The van der Waals surface area contributed by atoms with Gasteiger partial charge in [0.25, 0.3) is 0 Å². The molecule has 0 heterocycles. The third kappa shape index (κ3) is 2.24. The number of rotatable bonds is 5. The van der Waals surface area contributed by atoms with E-state index in [1.54, 1.807) is 14.0 Å². The highest BCUT2D eigenvalue weighted by atomic mass is 32.2. The summed E-state index contributed by atoms with van der Waals surface area (Å²) in [6.45, 7) is 1.78. The summed E-state index contributed by atoms with van der Waals surface area (Å²) in [5.41, 5.74) is 5.42. The number of hydrogen-bond acceptors (Lipinski definition) is 3. The fraction of sp³-hybridized carbons (Fsp3) is 0.875. The maximum absolute atomic E-state index is 11.9. The third-order valence-electron chi connectivity index (χ3n) is 2.51. The summed E-state index contributed by atoms with van der Waals surface area (Å²) >= 11 is 4.76. The topological polar surface area (TPSA) is 63.4 Å². The molecule has 0 spiro atoms. The Bertz CT molecular complexity index is 322. The van der Waals surface area contributed by atoms with Gasteiger partial charge in [-0.05, 0) is 19.3 Å². The van der Waals surface area contributed by atoms with E-state index in [-0.39, 0.29) is 11.0 Å². The zero-order valence-electron chi connectivity index (χ0n) is 8.43. The Hall–Kier alpha value is -0.200. The van der Waals surface area contributed by atoms with Gasteiger partial charge in [0.2, 0.25) is 10.0 Å². The molecular weight excluding hydrogens is 220 g/mol. The average molecular weight is 236 g/mol. The van der Waals surface area contributed by atoms with Gasteiger partial charge in [0.05, 0.1) is 4.99 Å². The summed E-state index contributed by atoms with van der Waals surface area (Å²) in [6, 6.07) is 0.170. The van der Waals surface area contributed by atoms with Crippen molar-refractivity contribution in [1.82, 2.24) is 4.31 Å². The van der Waals surface area contributed by atoms with Crippen LogP contribution in [0.5, 0.6) is 0 Å². The van der Waals surface area contributed by atoms with Crippen LogP contribution in [-0.4, -0.2) is 36.1 Å². The lowest BCUT2D eigenvalue weighted by Crippen LogP contribution is -2.43. The third-order valence-corrected chi connectivity index (χ3v) is 5.35. The minimum absolute atomic E-state index is 0.0694. The first-order valence-electron chi connectivity index (χ1n) is 4.67. The number of thiocarbonyl (C=S) groups is 1. The lowest BCUT2D eigenvalue weighted by Gasteiger charge is -2.22. The first-order valence-corrected chi connectivity index (χ1v) is 6.58. The molecule has 1 rings (SSSR count). The predicted octanol–water partition coefficient (Wildman–Crippen LogP) is 0.475. The van der Waals surface area contributed by atoms with Crippen LogP contribution >= 0.6 is 12.2 Å². The largest absolute Gasteiger partial charge is 0.392 e. The highest BCUT2D eigenvalue weighted by Crippen LogP contribution is 2.29. The summed E-state index contributed by atoms with van der Waals surface area (Å²) in [4.78, 5) is 0.0694. The summed E-state index contributed by atoms with van der Waals surface area (Å²) < 4.78 is 25.3. The second kappa shape index (κ2) is 4.12. The molecule has 0 aromatic rings. The van der Waals surface area contributed by atoms with Crippen LogP contribution in [0.25, 0.3) is 0 Å². The molecule has 14 heavy (non-hydrogen) atoms. The van der Waals surface area contributed by atoms with Gasteiger partial charge in [0.1, 0.15) is 5.25 Å². The lowest BCUT2D eigenvalue weighted by molar-refractivity contribution is 0.459. The van der Waals surface area contributed by atoms with Gasteiger partial charge in [-0.1, -0.05) is 19.1 Å². The Balaban J connectivity index is 2.85. The molecule has 1 aliphatic carbocycles. The van der Waals surface area contributed by atoms with Crippen LogP contribution in [0.1, 0.15) is 26.2 Å². The Morgan fingerprint density at radius 3 is 2.43 bits per heavy atom. The van der Waals surface area contributed by atoms with Crippen LogP contribution in [0.3, 0.4) is 0 Å². The standard InChI is InChI=1S/C8H16N2O2S2/c1-3-7(8(9)13)14(11,12)10(2)6-4-5-6/h6-7H,3-5H2,1-2H3,(H2,9,13). The Kier molecular flexibility index (Phi) is 3.49. The van der Waals surface area contributed by atoms with Crippen molar-refractivity contribution in [3.63, 3.8) is 0 Å². The molecule has 0 radical (unpaired) electrons. The van der Waals surface area contributed by atoms with Gasteiger partial charge < -0.3 is 5.73 Å². The van der Waals surface area contributed by atoms with E-state index >= 15 is 0 Å². The maximum atomic E-state index is 11.9. The molecule has 0 bridgehead atoms. The van der Waals surface area contributed by atoms with Gasteiger partial charge >= 0.3 is 0 Å². The normalized spacial score (nSPS) is 19.6. The summed E-state index contributed by atoms with van der Waals surface area (Å²) in [6.07, 6.45) is 2.34. The highest BCUT2D eigenvalue weighted by Gasteiger charge is 2.39. The molecule has 0 aromatic heterocycles. The summed E-state index contributed by atoms with van der Waals surface area (Å²) in [5, 5.41) is -0.705. The number of sulfonamides is 1. The number of nitrogens with two attached hydrogens (primary N) is 1. The smallest absolute Gasteiger partial charge is 0.223 e. The molecule has 1 saturated carbocycles. The van der Waals surface area contributed by atoms with Crippen molar-refractivity contribution in [2.24, 2.45) is 5.73 Å². The second-order valence-electron chi connectivity index (χ2n) is 3.59. The van der Waals surface area contributed by atoms with E-state index < -0.39 is 15.3 Å². The van der Waals surface area contributed by atoms with E-state index in [9.17, 15) is 8.42 Å². The van der Waals surface area contributed by atoms with E-state index in [0.29, 0.717) is 6.42 Å². The minimum Gasteiger partial charge on any atom is -0.392 e. The first-order chi connectivity index (χ1) is 6.41. The van der Waals surface area contributed by atoms with Crippen LogP contribution in [-0.2, 0) is 10.0 Å². The van der Waals surface area contributed by atoms with E-state index in [1.165, 1.54) is 4.31 Å². The summed E-state index contributed by atoms with van der Waals surface area (Å²) in [7, 11) is -1.71. The zero-order chi connectivity index (χ0) is 10.9. The zero-order valence-corrected chi connectivity index (χ0v) is 10.1. The van der Waals surface area contributed by atoms with E-state index in [2.05, 4.69) is 0 Å². The van der Waals surface area contributed by atoms with Crippen molar-refractivity contribution in [3.8, 4) is 0 Å². The van der Waals surface area contributed by atoms with Crippen molar-refractivity contribution in [1.29, 1.82) is 0 Å². The molecule has 4 nitrogen and oxygen atoms in total. The summed E-state index contributed by atoms with van der Waals surface area (Å²) in [5.74, 6) is 0. The molecular formula is C8H16N2O2S2. The maximum Gasteiger partial charge on any atom is 0.223 e. The molecule has 82 valence electrons. The molecule has 1 aliphatic rings. The van der Waals surface area contributed by atoms with E-state index in [0.717, 1.165) is 12.8 Å². The van der Waals surface area contributed by atoms with Gasteiger partial charge in [-0.25, -0.2) is 12.7 Å². The predicted molar refractivity (Wildman–Crippen MR) is 60.6 cm³/mol. The second-order valence-corrected chi connectivity index (χ2v) is 6.24. The molecule has 0 aliphatic heterocycles. The molecule has 1 fully saturated rings. The molecule has 6 heteroatoms. The van der Waals surface area contributed by atoms with Crippen LogP contribution in [0.4, 0.5) is 0 Å². The van der Waals surface area contributed by atoms with Crippen molar-refractivity contribution in [2.75, 3.05) is 7.05 Å². The minimum atomic E-state index is -3.32. The van der Waals surface area contributed by atoms with Crippen LogP contribution in [0, 0.1) is 0 Å². The van der Waals surface area contributed by atoms with Gasteiger partial charge in [0, 0.05) is 13.1 Å². The van der Waals surface area contributed by atoms with E-state index in [4.69, 9.17) is 18.0 Å². The molecule has 1 unspecified atom stereocenters. The SMILES string of the molecule is CCC(C(N)=S)S(=O)(=O)N(C)C1CC1. The van der Waals surface area contributed by atoms with Crippen molar-refractivity contribution in [2.45, 2.75) is 37.5 Å². The van der Waals surface area contributed by atoms with Gasteiger partial charge in [-0.2, -0.15) is 0 Å². The average Bonchev–Trinajstić information content (AvgIpc) is 2.84. The molecule has 0 aromatic carbocycles.